The maximum absolute atomic E-state index is 11.4. The lowest BCUT2D eigenvalue weighted by atomic mass is 9.83. The maximum Gasteiger partial charge on any atom is 0.251 e. The molecule has 1 heterocycles. The molecule has 0 N–H and O–H groups in total. The van der Waals surface area contributed by atoms with Crippen molar-refractivity contribution in [1.82, 2.24) is 0 Å². The molecule has 0 bridgehead atoms. The van der Waals surface area contributed by atoms with Crippen LogP contribution in [0.5, 0.6) is 11.5 Å². The molecule has 3 rings (SSSR count). The summed E-state index contributed by atoms with van der Waals surface area (Å²) in [6.07, 6.45) is 2.88. The summed E-state index contributed by atoms with van der Waals surface area (Å²) >= 11 is 6.17. The number of carbonyl (C=O) groups excluding carboxylic acids is 1. The second kappa shape index (κ2) is 4.41. The molecular weight excluding hydrogens is 264 g/mol. The number of aryl methyl sites for hydroxylation is 1. The van der Waals surface area contributed by atoms with Crippen molar-refractivity contribution in [1.29, 1.82) is 0 Å². The van der Waals surface area contributed by atoms with Gasteiger partial charge < -0.3 is 9.47 Å². The lowest BCUT2D eigenvalue weighted by molar-refractivity contribution is -0.135. The van der Waals surface area contributed by atoms with Crippen LogP contribution in [-0.2, 0) is 4.79 Å². The van der Waals surface area contributed by atoms with E-state index in [1.807, 2.05) is 26.0 Å². The van der Waals surface area contributed by atoms with Crippen molar-refractivity contribution in [2.24, 2.45) is 5.92 Å². The van der Waals surface area contributed by atoms with Crippen LogP contribution in [0.25, 0.3) is 0 Å². The first-order chi connectivity index (χ1) is 8.99. The summed E-state index contributed by atoms with van der Waals surface area (Å²) < 4.78 is 12.1. The topological polar surface area (TPSA) is 35.5 Å². The first-order valence-electron chi connectivity index (χ1n) is 6.68. The number of hydrogen-bond acceptors (Lipinski definition) is 3. The van der Waals surface area contributed by atoms with Crippen molar-refractivity contribution in [3.8, 4) is 11.5 Å². The van der Waals surface area contributed by atoms with Gasteiger partial charge in [-0.15, -0.1) is 0 Å². The predicted octanol–water partition coefficient (Wildman–Crippen LogP) is 3.90. The van der Waals surface area contributed by atoms with Gasteiger partial charge in [0.1, 0.15) is 5.78 Å². The predicted molar refractivity (Wildman–Crippen MR) is 72.8 cm³/mol. The highest BCUT2D eigenvalue weighted by atomic mass is 35.5. The first-order valence-corrected chi connectivity index (χ1v) is 7.06. The molecule has 0 spiro atoms. The number of halogens is 1. The molecule has 0 saturated heterocycles. The molecule has 102 valence electrons. The second-order valence-electron chi connectivity index (χ2n) is 5.56. The highest BCUT2D eigenvalue weighted by Gasteiger charge is 2.46. The minimum atomic E-state index is -0.696. The Balaban J connectivity index is 1.87. The minimum Gasteiger partial charge on any atom is -0.448 e. The monoisotopic (exact) mass is 280 g/mol. The third kappa shape index (κ3) is 2.10. The minimum absolute atomic E-state index is 0.230. The Bertz CT molecular complexity index is 497. The third-order valence-electron chi connectivity index (χ3n) is 4.16. The lowest BCUT2D eigenvalue weighted by Gasteiger charge is -2.34. The highest BCUT2D eigenvalue weighted by molar-refractivity contribution is 6.32. The first kappa shape index (κ1) is 12.8. The summed E-state index contributed by atoms with van der Waals surface area (Å²) in [6.45, 7) is 3.93. The van der Waals surface area contributed by atoms with E-state index in [2.05, 4.69) is 0 Å². The number of fused-ring (bicyclic) bond motifs is 1. The summed E-state index contributed by atoms with van der Waals surface area (Å²) in [5.41, 5.74) is 1.02. The van der Waals surface area contributed by atoms with E-state index in [9.17, 15) is 4.79 Å². The van der Waals surface area contributed by atoms with E-state index in [1.54, 1.807) is 0 Å². The molecule has 1 aliphatic carbocycles. The third-order valence-corrected chi connectivity index (χ3v) is 4.45. The van der Waals surface area contributed by atoms with Gasteiger partial charge in [-0.25, -0.2) is 0 Å². The Kier molecular flexibility index (Phi) is 2.97. The number of ether oxygens (including phenoxy) is 2. The van der Waals surface area contributed by atoms with Crippen LogP contribution in [0, 0.1) is 12.8 Å². The van der Waals surface area contributed by atoms with Crippen molar-refractivity contribution in [2.75, 3.05) is 0 Å². The standard InChI is InChI=1S/C15H17ClO3/c1-9-3-8-12(16)14-13(9)18-15(2,19-14)10-4-6-11(17)7-5-10/h3,8,10H,4-7H2,1-2H3. The molecule has 1 fully saturated rings. The van der Waals surface area contributed by atoms with Crippen molar-refractivity contribution >= 4 is 17.4 Å². The number of Topliss-reactive ketones (excluding diaryl/α,β-unsaturated/α-hetero) is 1. The van der Waals surface area contributed by atoms with Crippen LogP contribution in [0.15, 0.2) is 12.1 Å². The summed E-state index contributed by atoms with van der Waals surface area (Å²) in [5, 5.41) is 0.580. The fourth-order valence-electron chi connectivity index (χ4n) is 2.92. The van der Waals surface area contributed by atoms with Gasteiger partial charge in [0, 0.05) is 25.7 Å². The molecule has 4 heteroatoms. The van der Waals surface area contributed by atoms with Gasteiger partial charge >= 0.3 is 0 Å². The van der Waals surface area contributed by atoms with Crippen LogP contribution in [0.2, 0.25) is 5.02 Å². The number of ketones is 1. The summed E-state index contributed by atoms with van der Waals surface area (Å²) in [6, 6.07) is 3.76. The fraction of sp³-hybridized carbons (Fsp3) is 0.533. The van der Waals surface area contributed by atoms with Gasteiger partial charge in [0.05, 0.1) is 5.02 Å². The van der Waals surface area contributed by atoms with E-state index in [0.717, 1.165) is 24.2 Å². The van der Waals surface area contributed by atoms with Crippen molar-refractivity contribution in [2.45, 2.75) is 45.3 Å². The quantitative estimate of drug-likeness (QED) is 0.783. The van der Waals surface area contributed by atoms with Crippen molar-refractivity contribution in [3.05, 3.63) is 22.7 Å². The summed E-state index contributed by atoms with van der Waals surface area (Å²) in [7, 11) is 0. The van der Waals surface area contributed by atoms with Crippen LogP contribution in [0.4, 0.5) is 0 Å². The van der Waals surface area contributed by atoms with Gasteiger partial charge in [-0.05, 0) is 31.4 Å². The van der Waals surface area contributed by atoms with Crippen molar-refractivity contribution < 1.29 is 14.3 Å². The van der Waals surface area contributed by atoms with Gasteiger partial charge in [0.15, 0.2) is 11.5 Å². The lowest BCUT2D eigenvalue weighted by Crippen LogP contribution is -2.44. The zero-order valence-electron chi connectivity index (χ0n) is 11.2. The number of benzene rings is 1. The zero-order valence-corrected chi connectivity index (χ0v) is 11.9. The molecule has 0 amide bonds. The van der Waals surface area contributed by atoms with E-state index in [4.69, 9.17) is 21.1 Å². The zero-order chi connectivity index (χ0) is 13.6. The maximum atomic E-state index is 11.4. The summed E-state index contributed by atoms with van der Waals surface area (Å²) in [4.78, 5) is 11.4. The molecular formula is C15H17ClO3. The van der Waals surface area contributed by atoms with E-state index >= 15 is 0 Å². The van der Waals surface area contributed by atoms with Crippen LogP contribution in [0.3, 0.4) is 0 Å². The highest BCUT2D eigenvalue weighted by Crippen LogP contribution is 2.50. The average Bonchev–Trinajstić information content (AvgIpc) is 2.75. The molecule has 1 atom stereocenters. The largest absolute Gasteiger partial charge is 0.448 e. The van der Waals surface area contributed by atoms with Crippen molar-refractivity contribution in [3.63, 3.8) is 0 Å². The van der Waals surface area contributed by atoms with E-state index < -0.39 is 5.79 Å². The van der Waals surface area contributed by atoms with Crippen LogP contribution in [-0.4, -0.2) is 11.6 Å². The average molecular weight is 281 g/mol. The number of carbonyl (C=O) groups is 1. The van der Waals surface area contributed by atoms with Gasteiger partial charge in [-0.1, -0.05) is 17.7 Å². The molecule has 3 nitrogen and oxygen atoms in total. The molecule has 1 saturated carbocycles. The molecule has 1 aromatic carbocycles. The fourth-order valence-corrected chi connectivity index (χ4v) is 3.10. The molecule has 1 aromatic rings. The number of hydrogen-bond donors (Lipinski definition) is 0. The van der Waals surface area contributed by atoms with E-state index in [0.29, 0.717) is 29.4 Å². The summed E-state index contributed by atoms with van der Waals surface area (Å²) in [5.74, 6) is 1.25. The second-order valence-corrected chi connectivity index (χ2v) is 5.96. The Labute approximate surface area is 117 Å². The normalized spacial score (nSPS) is 26.8. The Morgan fingerprint density at radius 3 is 2.47 bits per heavy atom. The molecule has 2 aliphatic rings. The Morgan fingerprint density at radius 1 is 1.21 bits per heavy atom. The molecule has 0 aromatic heterocycles. The SMILES string of the molecule is Cc1ccc(Cl)c2c1OC(C)(C1CCC(=O)CC1)O2. The van der Waals surface area contributed by atoms with Crippen LogP contribution >= 0.6 is 11.6 Å². The van der Waals surface area contributed by atoms with E-state index in [-0.39, 0.29) is 5.92 Å². The van der Waals surface area contributed by atoms with Gasteiger partial charge in [0.25, 0.3) is 5.79 Å². The molecule has 1 aliphatic heterocycles. The Hall–Kier alpha value is -1.22. The number of rotatable bonds is 1. The van der Waals surface area contributed by atoms with Gasteiger partial charge in [-0.3, -0.25) is 4.79 Å². The smallest absolute Gasteiger partial charge is 0.251 e. The van der Waals surface area contributed by atoms with Crippen LogP contribution < -0.4 is 9.47 Å². The molecule has 0 radical (unpaired) electrons. The molecule has 19 heavy (non-hydrogen) atoms. The van der Waals surface area contributed by atoms with E-state index in [1.165, 1.54) is 0 Å². The van der Waals surface area contributed by atoms with Crippen LogP contribution in [0.1, 0.15) is 38.2 Å². The van der Waals surface area contributed by atoms with Gasteiger partial charge in [0.2, 0.25) is 0 Å². The Morgan fingerprint density at radius 2 is 1.84 bits per heavy atom. The van der Waals surface area contributed by atoms with Gasteiger partial charge in [-0.2, -0.15) is 0 Å². The molecule has 1 unspecified atom stereocenters.